The SMILES string of the molecule is CCNC(=NCCCN1CCCCCC1)N1CCN(C(C)=O)CC1. The lowest BCUT2D eigenvalue weighted by atomic mass is 10.2. The summed E-state index contributed by atoms with van der Waals surface area (Å²) in [5.41, 5.74) is 0. The number of amides is 1. The average Bonchev–Trinajstić information content (AvgIpc) is 2.86. The molecule has 0 aliphatic carbocycles. The van der Waals surface area contributed by atoms with Crippen molar-refractivity contribution in [3.8, 4) is 0 Å². The fourth-order valence-electron chi connectivity index (χ4n) is 3.50. The maximum Gasteiger partial charge on any atom is 0.219 e. The summed E-state index contributed by atoms with van der Waals surface area (Å²) in [4.78, 5) is 23.1. The van der Waals surface area contributed by atoms with Gasteiger partial charge in [0.1, 0.15) is 0 Å². The van der Waals surface area contributed by atoms with E-state index in [0.717, 1.165) is 51.6 Å². The van der Waals surface area contributed by atoms with Crippen molar-refractivity contribution in [2.45, 2.75) is 46.0 Å². The number of aliphatic imine (C=N–C) groups is 1. The Balaban J connectivity index is 1.75. The van der Waals surface area contributed by atoms with E-state index >= 15 is 0 Å². The molecule has 1 N–H and O–H groups in total. The second kappa shape index (κ2) is 10.5. The Morgan fingerprint density at radius 1 is 0.958 bits per heavy atom. The van der Waals surface area contributed by atoms with Crippen LogP contribution in [-0.2, 0) is 4.79 Å². The number of piperazine rings is 1. The third kappa shape index (κ3) is 6.30. The van der Waals surface area contributed by atoms with Crippen LogP contribution < -0.4 is 5.32 Å². The molecule has 24 heavy (non-hydrogen) atoms. The van der Waals surface area contributed by atoms with E-state index in [0.29, 0.717) is 0 Å². The molecule has 0 radical (unpaired) electrons. The van der Waals surface area contributed by atoms with Crippen LogP contribution >= 0.6 is 0 Å². The van der Waals surface area contributed by atoms with E-state index in [4.69, 9.17) is 4.99 Å². The minimum absolute atomic E-state index is 0.175. The predicted octanol–water partition coefficient (Wildman–Crippen LogP) is 1.38. The molecule has 0 aromatic rings. The average molecular weight is 338 g/mol. The highest BCUT2D eigenvalue weighted by Crippen LogP contribution is 2.10. The van der Waals surface area contributed by atoms with Crippen molar-refractivity contribution in [1.29, 1.82) is 0 Å². The van der Waals surface area contributed by atoms with Crippen molar-refractivity contribution < 1.29 is 4.79 Å². The second-order valence-electron chi connectivity index (χ2n) is 6.84. The monoisotopic (exact) mass is 337 g/mol. The Labute approximate surface area is 147 Å². The Morgan fingerprint density at radius 3 is 2.17 bits per heavy atom. The van der Waals surface area contributed by atoms with Crippen molar-refractivity contribution in [2.75, 3.05) is 58.9 Å². The summed E-state index contributed by atoms with van der Waals surface area (Å²) >= 11 is 0. The molecule has 2 aliphatic rings. The van der Waals surface area contributed by atoms with E-state index in [9.17, 15) is 4.79 Å². The summed E-state index contributed by atoms with van der Waals surface area (Å²) in [6.45, 7) is 12.6. The van der Waals surface area contributed by atoms with Crippen LogP contribution in [0.4, 0.5) is 0 Å². The van der Waals surface area contributed by atoms with Gasteiger partial charge in [0.25, 0.3) is 0 Å². The second-order valence-corrected chi connectivity index (χ2v) is 6.84. The molecule has 0 aromatic heterocycles. The largest absolute Gasteiger partial charge is 0.357 e. The van der Waals surface area contributed by atoms with E-state index in [1.807, 2.05) is 4.90 Å². The van der Waals surface area contributed by atoms with Crippen molar-refractivity contribution in [1.82, 2.24) is 20.0 Å². The predicted molar refractivity (Wildman–Crippen MR) is 99.3 cm³/mol. The van der Waals surface area contributed by atoms with Crippen LogP contribution in [0.1, 0.15) is 46.0 Å². The number of likely N-dealkylation sites (tertiary alicyclic amines) is 1. The van der Waals surface area contributed by atoms with E-state index in [-0.39, 0.29) is 5.91 Å². The minimum atomic E-state index is 0.175. The van der Waals surface area contributed by atoms with Gasteiger partial charge in [0.2, 0.25) is 5.91 Å². The summed E-state index contributed by atoms with van der Waals surface area (Å²) < 4.78 is 0. The molecule has 138 valence electrons. The third-order valence-electron chi connectivity index (χ3n) is 4.95. The smallest absolute Gasteiger partial charge is 0.219 e. The number of carbonyl (C=O) groups excluding carboxylic acids is 1. The Bertz CT molecular complexity index is 396. The first-order valence-corrected chi connectivity index (χ1v) is 9.72. The molecule has 2 aliphatic heterocycles. The molecule has 0 atom stereocenters. The van der Waals surface area contributed by atoms with Crippen molar-refractivity contribution >= 4 is 11.9 Å². The van der Waals surface area contributed by atoms with Crippen LogP contribution in [0, 0.1) is 0 Å². The van der Waals surface area contributed by atoms with Gasteiger partial charge in [-0.2, -0.15) is 0 Å². The summed E-state index contributed by atoms with van der Waals surface area (Å²) in [6.07, 6.45) is 6.62. The van der Waals surface area contributed by atoms with Gasteiger partial charge in [0, 0.05) is 46.2 Å². The molecule has 0 saturated carbocycles. The highest BCUT2D eigenvalue weighted by molar-refractivity contribution is 5.80. The summed E-state index contributed by atoms with van der Waals surface area (Å²) in [7, 11) is 0. The molecule has 2 fully saturated rings. The molecule has 1 amide bonds. The van der Waals surface area contributed by atoms with Crippen molar-refractivity contribution in [2.24, 2.45) is 4.99 Å². The van der Waals surface area contributed by atoms with Crippen LogP contribution in [0.3, 0.4) is 0 Å². The van der Waals surface area contributed by atoms with Gasteiger partial charge in [-0.05, 0) is 45.8 Å². The van der Waals surface area contributed by atoms with Crippen LogP contribution in [0.5, 0.6) is 0 Å². The van der Waals surface area contributed by atoms with Gasteiger partial charge >= 0.3 is 0 Å². The number of guanidine groups is 1. The number of carbonyl (C=O) groups is 1. The number of nitrogens with one attached hydrogen (secondary N) is 1. The summed E-state index contributed by atoms with van der Waals surface area (Å²) in [6, 6.07) is 0. The molecule has 0 aromatic carbocycles. The quantitative estimate of drug-likeness (QED) is 0.468. The molecule has 2 saturated heterocycles. The molecular formula is C18H35N5O. The Hall–Kier alpha value is -1.30. The van der Waals surface area contributed by atoms with Gasteiger partial charge in [-0.1, -0.05) is 12.8 Å². The van der Waals surface area contributed by atoms with Gasteiger partial charge in [0.05, 0.1) is 0 Å². The van der Waals surface area contributed by atoms with Crippen LogP contribution in [0.2, 0.25) is 0 Å². The molecule has 0 unspecified atom stereocenters. The summed E-state index contributed by atoms with van der Waals surface area (Å²) in [5.74, 6) is 1.19. The van der Waals surface area contributed by atoms with E-state index in [2.05, 4.69) is 22.0 Å². The zero-order valence-electron chi connectivity index (χ0n) is 15.6. The van der Waals surface area contributed by atoms with Gasteiger partial charge in [-0.3, -0.25) is 9.79 Å². The fraction of sp³-hybridized carbons (Fsp3) is 0.889. The lowest BCUT2D eigenvalue weighted by Crippen LogP contribution is -2.53. The highest BCUT2D eigenvalue weighted by Gasteiger charge is 2.20. The van der Waals surface area contributed by atoms with Crippen molar-refractivity contribution in [3.05, 3.63) is 0 Å². The number of nitrogens with zero attached hydrogens (tertiary/aromatic N) is 4. The first kappa shape index (κ1) is 19.0. The Morgan fingerprint density at radius 2 is 1.58 bits per heavy atom. The summed E-state index contributed by atoms with van der Waals surface area (Å²) in [5, 5.41) is 3.40. The van der Waals surface area contributed by atoms with Crippen LogP contribution in [0.15, 0.2) is 4.99 Å². The minimum Gasteiger partial charge on any atom is -0.357 e. The molecule has 6 nitrogen and oxygen atoms in total. The number of hydrogen-bond donors (Lipinski definition) is 1. The van der Waals surface area contributed by atoms with Gasteiger partial charge in [0.15, 0.2) is 5.96 Å². The maximum atomic E-state index is 11.4. The molecule has 2 rings (SSSR count). The maximum absolute atomic E-state index is 11.4. The zero-order valence-corrected chi connectivity index (χ0v) is 15.6. The number of rotatable bonds is 5. The topological polar surface area (TPSA) is 51.2 Å². The first-order chi connectivity index (χ1) is 11.7. The molecule has 0 bridgehead atoms. The lowest BCUT2D eigenvalue weighted by molar-refractivity contribution is -0.130. The fourth-order valence-corrected chi connectivity index (χ4v) is 3.50. The first-order valence-electron chi connectivity index (χ1n) is 9.72. The van der Waals surface area contributed by atoms with E-state index in [1.54, 1.807) is 6.92 Å². The third-order valence-corrected chi connectivity index (χ3v) is 4.95. The molecule has 2 heterocycles. The molecule has 0 spiro atoms. The number of hydrogen-bond acceptors (Lipinski definition) is 3. The molecular weight excluding hydrogens is 302 g/mol. The highest BCUT2D eigenvalue weighted by atomic mass is 16.2. The zero-order chi connectivity index (χ0) is 17.2. The normalized spacial score (nSPS) is 20.8. The van der Waals surface area contributed by atoms with Crippen molar-refractivity contribution in [3.63, 3.8) is 0 Å². The lowest BCUT2D eigenvalue weighted by Gasteiger charge is -2.36. The molecule has 6 heteroatoms. The van der Waals surface area contributed by atoms with Crippen LogP contribution in [0.25, 0.3) is 0 Å². The standard InChI is InChI=1S/C18H35N5O/c1-3-19-18(23-15-13-22(14-16-23)17(2)24)20-9-8-12-21-10-6-4-5-7-11-21/h3-16H2,1-2H3,(H,19,20). The van der Waals surface area contributed by atoms with Gasteiger partial charge < -0.3 is 20.0 Å². The van der Waals surface area contributed by atoms with Gasteiger partial charge in [-0.15, -0.1) is 0 Å². The van der Waals surface area contributed by atoms with Crippen LogP contribution in [-0.4, -0.2) is 85.5 Å². The van der Waals surface area contributed by atoms with E-state index in [1.165, 1.54) is 45.3 Å². The Kier molecular flexibility index (Phi) is 8.36. The van der Waals surface area contributed by atoms with Gasteiger partial charge in [-0.25, -0.2) is 0 Å². The van der Waals surface area contributed by atoms with E-state index < -0.39 is 0 Å².